The number of hydrogen-bond donors (Lipinski definition) is 2. The molecule has 31 heavy (non-hydrogen) atoms. The van der Waals surface area contributed by atoms with E-state index >= 15 is 0 Å². The maximum Gasteiger partial charge on any atom is 0.336 e. The van der Waals surface area contributed by atoms with Crippen LogP contribution in [0.3, 0.4) is 0 Å². The molecule has 6 nitrogen and oxygen atoms in total. The van der Waals surface area contributed by atoms with Gasteiger partial charge in [-0.1, -0.05) is 43.7 Å². The Morgan fingerprint density at radius 1 is 1.13 bits per heavy atom. The van der Waals surface area contributed by atoms with Gasteiger partial charge in [-0.05, 0) is 49.1 Å². The minimum absolute atomic E-state index is 0.230. The summed E-state index contributed by atoms with van der Waals surface area (Å²) in [5, 5.41) is 20.1. The van der Waals surface area contributed by atoms with Gasteiger partial charge in [-0.3, -0.25) is 4.57 Å². The van der Waals surface area contributed by atoms with Crippen LogP contribution in [0.5, 0.6) is 0 Å². The molecular formula is C24H28N2O4S. The Morgan fingerprint density at radius 3 is 2.48 bits per heavy atom. The van der Waals surface area contributed by atoms with E-state index in [4.69, 9.17) is 0 Å². The van der Waals surface area contributed by atoms with Crippen LogP contribution in [0.2, 0.25) is 0 Å². The van der Waals surface area contributed by atoms with Gasteiger partial charge >= 0.3 is 5.97 Å². The number of nitrogens with zero attached hydrogens (tertiary/aromatic N) is 2. The summed E-state index contributed by atoms with van der Waals surface area (Å²) in [5.41, 5.74) is 3.75. The SMILES string of the molecule is CCCCc1nc(CO)c([S+]([O-])CC)n1-c1cccc(-c2ccccc2C(=O)O)c1C. The van der Waals surface area contributed by atoms with Crippen LogP contribution in [0.1, 0.15) is 54.1 Å². The van der Waals surface area contributed by atoms with Gasteiger partial charge in [0.05, 0.1) is 17.9 Å². The standard InChI is InChI=1S/C24H28N2O4S/c1-4-6-14-22-25-20(15-27)23(31(30)5-2)26(22)21-13-9-12-17(16(21)3)18-10-7-8-11-19(18)24(28)29/h7-13,27H,4-6,14-15H2,1-3H3,(H,28,29). The molecule has 0 spiro atoms. The molecule has 1 heterocycles. The zero-order chi connectivity index (χ0) is 22.5. The highest BCUT2D eigenvalue weighted by Gasteiger charge is 2.28. The lowest BCUT2D eigenvalue weighted by Gasteiger charge is -2.18. The summed E-state index contributed by atoms with van der Waals surface area (Å²) in [5.74, 6) is 0.184. The second kappa shape index (κ2) is 10.1. The maximum absolute atomic E-state index is 12.9. The van der Waals surface area contributed by atoms with Crippen molar-refractivity contribution in [3.63, 3.8) is 0 Å². The summed E-state index contributed by atoms with van der Waals surface area (Å²) in [7, 11) is 0. The number of aryl methyl sites for hydroxylation is 1. The highest BCUT2D eigenvalue weighted by molar-refractivity contribution is 7.91. The normalized spacial score (nSPS) is 12.2. The molecule has 3 aromatic rings. The lowest BCUT2D eigenvalue weighted by atomic mass is 9.95. The molecule has 0 radical (unpaired) electrons. The highest BCUT2D eigenvalue weighted by Crippen LogP contribution is 2.33. The quantitative estimate of drug-likeness (QED) is 0.477. The second-order valence-corrected chi connectivity index (χ2v) is 8.97. The fourth-order valence-corrected chi connectivity index (χ4v) is 4.84. The van der Waals surface area contributed by atoms with Crippen LogP contribution in [0.4, 0.5) is 0 Å². The van der Waals surface area contributed by atoms with E-state index in [2.05, 4.69) is 11.9 Å². The van der Waals surface area contributed by atoms with Gasteiger partial charge in [0.1, 0.15) is 17.3 Å². The highest BCUT2D eigenvalue weighted by atomic mass is 32.2. The Kier molecular flexibility index (Phi) is 7.54. The van der Waals surface area contributed by atoms with Crippen molar-refractivity contribution in [3.8, 4) is 16.8 Å². The molecule has 2 aromatic carbocycles. The number of aromatic nitrogens is 2. The maximum atomic E-state index is 12.9. The third-order valence-electron chi connectivity index (χ3n) is 5.35. The number of carbonyl (C=O) groups is 1. The number of unbranched alkanes of at least 4 members (excludes halogenated alkanes) is 1. The molecule has 7 heteroatoms. The first-order chi connectivity index (χ1) is 14.9. The lowest BCUT2D eigenvalue weighted by Crippen LogP contribution is -2.15. The average Bonchev–Trinajstić information content (AvgIpc) is 3.15. The first kappa shape index (κ1) is 23.1. The zero-order valence-electron chi connectivity index (χ0n) is 18.1. The van der Waals surface area contributed by atoms with Crippen molar-refractivity contribution in [1.82, 2.24) is 9.55 Å². The number of imidazole rings is 1. The van der Waals surface area contributed by atoms with Crippen molar-refractivity contribution < 1.29 is 19.6 Å². The number of hydrogen-bond acceptors (Lipinski definition) is 4. The Morgan fingerprint density at radius 2 is 1.84 bits per heavy atom. The molecule has 0 aliphatic rings. The Balaban J connectivity index is 2.28. The van der Waals surface area contributed by atoms with E-state index in [9.17, 15) is 19.6 Å². The van der Waals surface area contributed by atoms with E-state index in [0.717, 1.165) is 35.5 Å². The molecule has 0 aliphatic heterocycles. The third-order valence-corrected chi connectivity index (χ3v) is 6.72. The fourth-order valence-electron chi connectivity index (χ4n) is 3.79. The largest absolute Gasteiger partial charge is 0.610 e. The summed E-state index contributed by atoms with van der Waals surface area (Å²) in [6.07, 6.45) is 2.60. The van der Waals surface area contributed by atoms with Gasteiger partial charge in [0.15, 0.2) is 0 Å². The first-order valence-electron chi connectivity index (χ1n) is 10.5. The molecule has 0 fully saturated rings. The number of benzene rings is 2. The molecule has 0 saturated carbocycles. The molecule has 0 saturated heterocycles. The summed E-state index contributed by atoms with van der Waals surface area (Å²) in [6, 6.07) is 12.6. The van der Waals surface area contributed by atoms with Crippen molar-refractivity contribution in [2.75, 3.05) is 5.75 Å². The van der Waals surface area contributed by atoms with E-state index in [0.29, 0.717) is 28.5 Å². The molecular weight excluding hydrogens is 412 g/mol. The van der Waals surface area contributed by atoms with Gasteiger partial charge in [-0.25, -0.2) is 9.78 Å². The number of aliphatic hydroxyl groups excluding tert-OH is 1. The van der Waals surface area contributed by atoms with Crippen molar-refractivity contribution in [3.05, 3.63) is 65.1 Å². The predicted octanol–water partition coefficient (Wildman–Crippen LogP) is 4.51. The van der Waals surface area contributed by atoms with E-state index in [1.54, 1.807) is 18.2 Å². The van der Waals surface area contributed by atoms with Crippen LogP contribution in [-0.2, 0) is 24.2 Å². The minimum Gasteiger partial charge on any atom is -0.610 e. The summed E-state index contributed by atoms with van der Waals surface area (Å²) >= 11 is -1.32. The summed E-state index contributed by atoms with van der Waals surface area (Å²) in [6.45, 7) is 5.59. The van der Waals surface area contributed by atoms with Crippen molar-refractivity contribution >= 4 is 17.1 Å². The minimum atomic E-state index is -1.32. The van der Waals surface area contributed by atoms with Crippen molar-refractivity contribution in [2.45, 2.75) is 51.7 Å². The van der Waals surface area contributed by atoms with Gasteiger partial charge in [0.2, 0.25) is 0 Å². The van der Waals surface area contributed by atoms with Gasteiger partial charge < -0.3 is 14.8 Å². The Labute approximate surface area is 185 Å². The fraction of sp³-hybridized carbons (Fsp3) is 0.333. The van der Waals surface area contributed by atoms with Crippen LogP contribution < -0.4 is 0 Å². The van der Waals surface area contributed by atoms with Crippen LogP contribution in [0.15, 0.2) is 47.5 Å². The van der Waals surface area contributed by atoms with Crippen LogP contribution in [-0.4, -0.2) is 36.0 Å². The molecule has 164 valence electrons. The van der Waals surface area contributed by atoms with Crippen LogP contribution in [0.25, 0.3) is 16.8 Å². The first-order valence-corrected chi connectivity index (χ1v) is 11.8. The Hall–Kier alpha value is -2.61. The lowest BCUT2D eigenvalue weighted by molar-refractivity contribution is 0.0697. The van der Waals surface area contributed by atoms with Gasteiger partial charge in [0.25, 0.3) is 5.03 Å². The smallest absolute Gasteiger partial charge is 0.336 e. The van der Waals surface area contributed by atoms with Crippen molar-refractivity contribution in [2.24, 2.45) is 0 Å². The van der Waals surface area contributed by atoms with E-state index in [1.807, 2.05) is 42.7 Å². The topological polar surface area (TPSA) is 98.4 Å². The predicted molar refractivity (Wildman–Crippen MR) is 122 cm³/mol. The summed E-state index contributed by atoms with van der Waals surface area (Å²) in [4.78, 5) is 16.4. The zero-order valence-corrected chi connectivity index (χ0v) is 18.9. The van der Waals surface area contributed by atoms with Crippen LogP contribution in [0, 0.1) is 6.92 Å². The van der Waals surface area contributed by atoms with Gasteiger partial charge in [-0.2, -0.15) is 0 Å². The number of rotatable bonds is 9. The molecule has 1 aromatic heterocycles. The average molecular weight is 441 g/mol. The molecule has 0 aliphatic carbocycles. The number of aliphatic hydroxyl groups is 1. The third kappa shape index (κ3) is 4.54. The van der Waals surface area contributed by atoms with Gasteiger partial charge in [0, 0.05) is 17.6 Å². The number of carboxylic acids is 1. The molecule has 2 N–H and O–H groups in total. The summed E-state index contributed by atoms with van der Waals surface area (Å²) < 4.78 is 14.9. The van der Waals surface area contributed by atoms with Crippen LogP contribution >= 0.6 is 0 Å². The van der Waals surface area contributed by atoms with E-state index in [1.165, 1.54) is 0 Å². The van der Waals surface area contributed by atoms with E-state index < -0.39 is 17.1 Å². The number of aromatic carboxylic acids is 1. The van der Waals surface area contributed by atoms with E-state index in [-0.39, 0.29) is 12.2 Å². The Bertz CT molecular complexity index is 1080. The molecule has 1 unspecified atom stereocenters. The van der Waals surface area contributed by atoms with Crippen molar-refractivity contribution in [1.29, 1.82) is 0 Å². The molecule has 3 rings (SSSR count). The number of carboxylic acid groups (broad SMARTS) is 1. The monoisotopic (exact) mass is 440 g/mol. The second-order valence-electron chi connectivity index (χ2n) is 7.31. The molecule has 0 amide bonds. The van der Waals surface area contributed by atoms with Gasteiger partial charge in [-0.15, -0.1) is 0 Å². The molecule has 0 bridgehead atoms. The molecule has 1 atom stereocenters.